The van der Waals surface area contributed by atoms with E-state index in [9.17, 15) is 4.79 Å². The predicted molar refractivity (Wildman–Crippen MR) is 82.2 cm³/mol. The Morgan fingerprint density at radius 2 is 2.29 bits per heavy atom. The minimum Gasteiger partial charge on any atom is -0.481 e. The summed E-state index contributed by atoms with van der Waals surface area (Å²) < 4.78 is 8.61. The van der Waals surface area contributed by atoms with Gasteiger partial charge in [0.1, 0.15) is 0 Å². The van der Waals surface area contributed by atoms with Gasteiger partial charge in [-0.05, 0) is 29.3 Å². The second-order valence-corrected chi connectivity index (χ2v) is 6.00. The number of carbonyl (C=O) groups is 1. The molecule has 1 aromatic rings. The van der Waals surface area contributed by atoms with Gasteiger partial charge in [-0.3, -0.25) is 14.4 Å². The fourth-order valence-electron chi connectivity index (χ4n) is 2.62. The molecule has 0 saturated carbocycles. The predicted octanol–water partition coefficient (Wildman–Crippen LogP) is 1.90. The van der Waals surface area contributed by atoms with Gasteiger partial charge in [0.15, 0.2) is 0 Å². The van der Waals surface area contributed by atoms with Crippen molar-refractivity contribution in [2.75, 3.05) is 19.7 Å². The Balaban J connectivity index is 2.07. The van der Waals surface area contributed by atoms with Crippen LogP contribution in [0.15, 0.2) is 4.47 Å². The second kappa shape index (κ2) is 7.38. The molecule has 1 aromatic heterocycles. The first-order valence-electron chi connectivity index (χ1n) is 7.34. The van der Waals surface area contributed by atoms with Crippen LogP contribution in [0.25, 0.3) is 0 Å². The lowest BCUT2D eigenvalue weighted by Crippen LogP contribution is -2.43. The molecular weight excluding hydrogens is 338 g/mol. The number of carboxylic acids is 1. The SMILES string of the molecule is CCc1nn(CC)c(CN2CCOC(CC(=O)O)C2)c1Br. The summed E-state index contributed by atoms with van der Waals surface area (Å²) in [6.45, 7) is 7.81. The third kappa shape index (κ3) is 4.05. The number of hydrogen-bond donors (Lipinski definition) is 1. The van der Waals surface area contributed by atoms with Crippen LogP contribution in [0.1, 0.15) is 31.7 Å². The summed E-state index contributed by atoms with van der Waals surface area (Å²) in [6.07, 6.45) is 0.731. The van der Waals surface area contributed by atoms with Crippen molar-refractivity contribution in [1.29, 1.82) is 0 Å². The Labute approximate surface area is 133 Å². The van der Waals surface area contributed by atoms with Crippen LogP contribution in [0.3, 0.4) is 0 Å². The number of aliphatic carboxylic acids is 1. The largest absolute Gasteiger partial charge is 0.481 e. The minimum atomic E-state index is -0.810. The summed E-state index contributed by atoms with van der Waals surface area (Å²) in [7, 11) is 0. The molecule has 1 N–H and O–H groups in total. The summed E-state index contributed by atoms with van der Waals surface area (Å²) >= 11 is 3.65. The summed E-state index contributed by atoms with van der Waals surface area (Å²) in [5.41, 5.74) is 2.23. The standard InChI is InChI=1S/C14H22BrN3O3/c1-3-11-14(15)12(18(4-2)16-11)9-17-5-6-21-10(8-17)7-13(19)20/h10H,3-9H2,1-2H3,(H,19,20). The normalized spacial score (nSPS) is 19.9. The topological polar surface area (TPSA) is 67.6 Å². The van der Waals surface area contributed by atoms with E-state index in [2.05, 4.69) is 39.8 Å². The highest BCUT2D eigenvalue weighted by Gasteiger charge is 2.25. The molecule has 0 spiro atoms. The molecule has 2 rings (SSSR count). The molecule has 1 fully saturated rings. The fourth-order valence-corrected chi connectivity index (χ4v) is 3.31. The molecule has 0 aliphatic carbocycles. The molecule has 7 heteroatoms. The number of hydrogen-bond acceptors (Lipinski definition) is 4. The van der Waals surface area contributed by atoms with Gasteiger partial charge in [-0.1, -0.05) is 6.92 Å². The monoisotopic (exact) mass is 359 g/mol. The van der Waals surface area contributed by atoms with Crippen molar-refractivity contribution in [1.82, 2.24) is 14.7 Å². The van der Waals surface area contributed by atoms with E-state index >= 15 is 0 Å². The zero-order valence-corrected chi connectivity index (χ0v) is 14.1. The number of nitrogens with zero attached hydrogens (tertiary/aromatic N) is 3. The lowest BCUT2D eigenvalue weighted by Gasteiger charge is -2.32. The minimum absolute atomic E-state index is 0.0604. The molecule has 0 aromatic carbocycles. The van der Waals surface area contributed by atoms with Crippen molar-refractivity contribution >= 4 is 21.9 Å². The fraction of sp³-hybridized carbons (Fsp3) is 0.714. The summed E-state index contributed by atoms with van der Waals surface area (Å²) in [5.74, 6) is -0.810. The van der Waals surface area contributed by atoms with Crippen LogP contribution in [-0.4, -0.2) is 51.6 Å². The van der Waals surface area contributed by atoms with Crippen molar-refractivity contribution in [2.24, 2.45) is 0 Å². The van der Waals surface area contributed by atoms with Crippen LogP contribution in [0.5, 0.6) is 0 Å². The van der Waals surface area contributed by atoms with Gasteiger partial charge >= 0.3 is 5.97 Å². The summed E-state index contributed by atoms with van der Waals surface area (Å²) in [6, 6.07) is 0. The summed E-state index contributed by atoms with van der Waals surface area (Å²) in [4.78, 5) is 13.0. The molecule has 6 nitrogen and oxygen atoms in total. The Morgan fingerprint density at radius 3 is 2.90 bits per heavy atom. The maximum Gasteiger partial charge on any atom is 0.306 e. The average molecular weight is 360 g/mol. The highest BCUT2D eigenvalue weighted by atomic mass is 79.9. The maximum absolute atomic E-state index is 10.8. The van der Waals surface area contributed by atoms with E-state index in [0.29, 0.717) is 13.2 Å². The van der Waals surface area contributed by atoms with Crippen LogP contribution >= 0.6 is 15.9 Å². The molecule has 0 bridgehead atoms. The molecule has 1 atom stereocenters. The number of ether oxygens (including phenoxy) is 1. The summed E-state index contributed by atoms with van der Waals surface area (Å²) in [5, 5.41) is 13.5. The Hall–Kier alpha value is -0.920. The second-order valence-electron chi connectivity index (χ2n) is 5.20. The smallest absolute Gasteiger partial charge is 0.306 e. The zero-order valence-electron chi connectivity index (χ0n) is 12.5. The van der Waals surface area contributed by atoms with Crippen LogP contribution in [0.2, 0.25) is 0 Å². The molecule has 1 unspecified atom stereocenters. The molecule has 118 valence electrons. The quantitative estimate of drug-likeness (QED) is 0.839. The van der Waals surface area contributed by atoms with Gasteiger partial charge in [-0.25, -0.2) is 0 Å². The molecule has 1 aliphatic rings. The van der Waals surface area contributed by atoms with E-state index < -0.39 is 5.97 Å². The lowest BCUT2D eigenvalue weighted by atomic mass is 10.2. The van der Waals surface area contributed by atoms with Crippen LogP contribution < -0.4 is 0 Å². The number of aryl methyl sites for hydroxylation is 2. The first kappa shape index (κ1) is 16.5. The first-order chi connectivity index (χ1) is 10.0. The third-order valence-electron chi connectivity index (χ3n) is 3.69. The molecule has 21 heavy (non-hydrogen) atoms. The number of halogens is 1. The van der Waals surface area contributed by atoms with Crippen molar-refractivity contribution in [3.8, 4) is 0 Å². The molecule has 0 amide bonds. The van der Waals surface area contributed by atoms with Crippen molar-refractivity contribution in [3.63, 3.8) is 0 Å². The highest BCUT2D eigenvalue weighted by Crippen LogP contribution is 2.24. The maximum atomic E-state index is 10.8. The van der Waals surface area contributed by atoms with Crippen LogP contribution in [0.4, 0.5) is 0 Å². The Morgan fingerprint density at radius 1 is 1.52 bits per heavy atom. The number of carboxylic acid groups (broad SMARTS) is 1. The van der Waals surface area contributed by atoms with E-state index in [4.69, 9.17) is 9.84 Å². The zero-order chi connectivity index (χ0) is 15.4. The number of aromatic nitrogens is 2. The van der Waals surface area contributed by atoms with Gasteiger partial charge in [0.05, 0.1) is 35.0 Å². The van der Waals surface area contributed by atoms with Crippen molar-refractivity contribution in [2.45, 2.75) is 45.9 Å². The number of rotatable bonds is 6. The van der Waals surface area contributed by atoms with E-state index in [-0.39, 0.29) is 12.5 Å². The first-order valence-corrected chi connectivity index (χ1v) is 8.14. The van der Waals surface area contributed by atoms with E-state index in [1.54, 1.807) is 0 Å². The van der Waals surface area contributed by atoms with Gasteiger partial charge in [-0.2, -0.15) is 5.10 Å². The van der Waals surface area contributed by atoms with Crippen molar-refractivity contribution in [3.05, 3.63) is 15.9 Å². The molecule has 0 radical (unpaired) electrons. The lowest BCUT2D eigenvalue weighted by molar-refractivity contribution is -0.142. The van der Waals surface area contributed by atoms with Gasteiger partial charge in [-0.15, -0.1) is 0 Å². The Bertz CT molecular complexity index is 504. The van der Waals surface area contributed by atoms with Crippen LogP contribution in [-0.2, 0) is 29.0 Å². The highest BCUT2D eigenvalue weighted by molar-refractivity contribution is 9.10. The van der Waals surface area contributed by atoms with Gasteiger partial charge in [0.2, 0.25) is 0 Å². The third-order valence-corrected chi connectivity index (χ3v) is 4.61. The molecule has 2 heterocycles. The average Bonchev–Trinajstić information content (AvgIpc) is 2.75. The van der Waals surface area contributed by atoms with Crippen LogP contribution in [0, 0.1) is 0 Å². The molecule has 1 aliphatic heterocycles. The van der Waals surface area contributed by atoms with E-state index in [0.717, 1.165) is 41.9 Å². The molecule has 1 saturated heterocycles. The van der Waals surface area contributed by atoms with Gasteiger partial charge < -0.3 is 9.84 Å². The van der Waals surface area contributed by atoms with Crippen molar-refractivity contribution < 1.29 is 14.6 Å². The number of morpholine rings is 1. The van der Waals surface area contributed by atoms with Gasteiger partial charge in [0.25, 0.3) is 0 Å². The van der Waals surface area contributed by atoms with E-state index in [1.165, 1.54) is 0 Å². The van der Waals surface area contributed by atoms with E-state index in [1.807, 2.05) is 4.68 Å². The molecular formula is C14H22BrN3O3. The Kier molecular flexibility index (Phi) is 5.78. The van der Waals surface area contributed by atoms with Gasteiger partial charge in [0, 0.05) is 26.2 Å².